The summed E-state index contributed by atoms with van der Waals surface area (Å²) < 4.78 is 0. The number of hydrogen-bond acceptors (Lipinski definition) is 1. The van der Waals surface area contributed by atoms with E-state index in [1.807, 2.05) is 0 Å². The van der Waals surface area contributed by atoms with Gasteiger partial charge in [0.1, 0.15) is 0 Å². The van der Waals surface area contributed by atoms with E-state index in [1.54, 1.807) is 0 Å². The maximum absolute atomic E-state index is 5.47. The predicted molar refractivity (Wildman–Crippen MR) is 84.1 cm³/mol. The Morgan fingerprint density at radius 3 is 2.42 bits per heavy atom. The van der Waals surface area contributed by atoms with Crippen molar-refractivity contribution in [2.24, 2.45) is 5.73 Å². The lowest BCUT2D eigenvalue weighted by molar-refractivity contribution is 1.01. The fourth-order valence-corrected chi connectivity index (χ4v) is 2.15. The Labute approximate surface area is 115 Å². The third-order valence-corrected chi connectivity index (χ3v) is 3.47. The smallest absolute Gasteiger partial charge is 0.00425 e. The molecule has 0 fully saturated rings. The van der Waals surface area contributed by atoms with Crippen LogP contribution in [0.15, 0.2) is 48.5 Å². The van der Waals surface area contributed by atoms with E-state index >= 15 is 0 Å². The molecule has 2 aromatic carbocycles. The van der Waals surface area contributed by atoms with Gasteiger partial charge in [0.05, 0.1) is 0 Å². The molecule has 0 atom stereocenters. The molecule has 0 saturated heterocycles. The van der Waals surface area contributed by atoms with Gasteiger partial charge >= 0.3 is 0 Å². The number of hydrogen-bond donors (Lipinski definition) is 1. The van der Waals surface area contributed by atoms with Crippen LogP contribution in [0, 0.1) is 13.8 Å². The van der Waals surface area contributed by atoms with E-state index in [9.17, 15) is 0 Å². The van der Waals surface area contributed by atoms with Gasteiger partial charge in [-0.3, -0.25) is 0 Å². The summed E-state index contributed by atoms with van der Waals surface area (Å²) in [5, 5.41) is 0. The maximum atomic E-state index is 5.47. The van der Waals surface area contributed by atoms with Gasteiger partial charge in [-0.25, -0.2) is 0 Å². The zero-order chi connectivity index (χ0) is 13.7. The van der Waals surface area contributed by atoms with Gasteiger partial charge in [-0.05, 0) is 54.6 Å². The van der Waals surface area contributed by atoms with Crippen molar-refractivity contribution in [1.29, 1.82) is 0 Å². The number of benzene rings is 2. The van der Waals surface area contributed by atoms with E-state index in [0.29, 0.717) is 6.54 Å². The molecule has 0 radical (unpaired) electrons. The van der Waals surface area contributed by atoms with E-state index < -0.39 is 0 Å². The topological polar surface area (TPSA) is 26.0 Å². The summed E-state index contributed by atoms with van der Waals surface area (Å²) in [5.74, 6) is 0. The van der Waals surface area contributed by atoms with Crippen molar-refractivity contribution in [3.05, 3.63) is 65.2 Å². The molecule has 0 unspecified atom stereocenters. The van der Waals surface area contributed by atoms with Gasteiger partial charge in [0.2, 0.25) is 0 Å². The van der Waals surface area contributed by atoms with Crippen LogP contribution >= 0.6 is 0 Å². The molecule has 0 aliphatic carbocycles. The van der Waals surface area contributed by atoms with E-state index in [4.69, 9.17) is 5.73 Å². The number of rotatable bonds is 4. The Morgan fingerprint density at radius 2 is 1.74 bits per heavy atom. The van der Waals surface area contributed by atoms with Crippen LogP contribution in [0.3, 0.4) is 0 Å². The molecule has 1 heteroatoms. The zero-order valence-electron chi connectivity index (χ0n) is 11.7. The quantitative estimate of drug-likeness (QED) is 0.859. The van der Waals surface area contributed by atoms with Crippen LogP contribution in [0.25, 0.3) is 17.2 Å². The van der Waals surface area contributed by atoms with Gasteiger partial charge in [-0.1, -0.05) is 54.6 Å². The molecule has 0 amide bonds. The Morgan fingerprint density at radius 1 is 1.00 bits per heavy atom. The van der Waals surface area contributed by atoms with Gasteiger partial charge in [0.25, 0.3) is 0 Å². The van der Waals surface area contributed by atoms with Crippen molar-refractivity contribution in [2.45, 2.75) is 20.3 Å². The molecule has 0 aliphatic heterocycles. The van der Waals surface area contributed by atoms with Gasteiger partial charge in [0.15, 0.2) is 0 Å². The highest BCUT2D eigenvalue weighted by Gasteiger charge is 2.02. The second-order valence-corrected chi connectivity index (χ2v) is 4.85. The highest BCUT2D eigenvalue weighted by Crippen LogP contribution is 2.25. The normalized spacial score (nSPS) is 11.1. The minimum atomic E-state index is 0.705. The molecular weight excluding hydrogens is 230 g/mol. The molecule has 0 aromatic heterocycles. The van der Waals surface area contributed by atoms with Gasteiger partial charge in [-0.15, -0.1) is 0 Å². The van der Waals surface area contributed by atoms with Crippen LogP contribution in [0.4, 0.5) is 0 Å². The lowest BCUT2D eigenvalue weighted by Crippen LogP contribution is -1.94. The molecule has 0 aliphatic rings. The first-order valence-corrected chi connectivity index (χ1v) is 6.75. The van der Waals surface area contributed by atoms with Crippen LogP contribution in [0.1, 0.15) is 23.1 Å². The maximum Gasteiger partial charge on any atom is -0.00425 e. The fourth-order valence-electron chi connectivity index (χ4n) is 2.15. The summed E-state index contributed by atoms with van der Waals surface area (Å²) >= 11 is 0. The SMILES string of the molecule is Cc1cccc(-c2ccc(/C=C/CCN)cc2)c1C. The molecule has 98 valence electrons. The molecule has 0 saturated carbocycles. The first-order valence-electron chi connectivity index (χ1n) is 6.75. The lowest BCUT2D eigenvalue weighted by atomic mass is 9.96. The van der Waals surface area contributed by atoms with Crippen LogP contribution in [-0.2, 0) is 0 Å². The first kappa shape index (κ1) is 13.6. The van der Waals surface area contributed by atoms with Crippen LogP contribution < -0.4 is 5.73 Å². The van der Waals surface area contributed by atoms with Crippen LogP contribution in [-0.4, -0.2) is 6.54 Å². The van der Waals surface area contributed by atoms with E-state index in [-0.39, 0.29) is 0 Å². The molecule has 0 heterocycles. The number of aryl methyl sites for hydroxylation is 1. The van der Waals surface area contributed by atoms with Crippen LogP contribution in [0.2, 0.25) is 0 Å². The van der Waals surface area contributed by atoms with Crippen LogP contribution in [0.5, 0.6) is 0 Å². The molecule has 1 nitrogen and oxygen atoms in total. The summed E-state index contributed by atoms with van der Waals surface area (Å²) in [7, 11) is 0. The molecule has 0 spiro atoms. The van der Waals surface area contributed by atoms with Crippen molar-refractivity contribution in [2.75, 3.05) is 6.54 Å². The van der Waals surface area contributed by atoms with Crippen molar-refractivity contribution >= 4 is 6.08 Å². The molecular formula is C18H21N. The van der Waals surface area contributed by atoms with Crippen molar-refractivity contribution in [3.63, 3.8) is 0 Å². The van der Waals surface area contributed by atoms with E-state index in [2.05, 4.69) is 68.5 Å². The first-order chi connectivity index (χ1) is 9.22. The van der Waals surface area contributed by atoms with Gasteiger partial charge in [0, 0.05) is 0 Å². The molecule has 2 rings (SSSR count). The third kappa shape index (κ3) is 3.33. The van der Waals surface area contributed by atoms with E-state index in [0.717, 1.165) is 6.42 Å². The standard InChI is InChI=1S/C18H21N/c1-14-6-5-8-18(15(14)2)17-11-9-16(10-12-17)7-3-4-13-19/h3,5-12H,4,13,19H2,1-2H3/b7-3+. The van der Waals surface area contributed by atoms with Crippen molar-refractivity contribution < 1.29 is 0 Å². The zero-order valence-corrected chi connectivity index (χ0v) is 11.7. The largest absolute Gasteiger partial charge is 0.330 e. The Balaban J connectivity index is 2.25. The second-order valence-electron chi connectivity index (χ2n) is 4.85. The fraction of sp³-hybridized carbons (Fsp3) is 0.222. The molecule has 19 heavy (non-hydrogen) atoms. The number of nitrogens with two attached hydrogens (primary N) is 1. The summed E-state index contributed by atoms with van der Waals surface area (Å²) in [6, 6.07) is 15.1. The summed E-state index contributed by atoms with van der Waals surface area (Å²) in [5.41, 5.74) is 12.0. The minimum Gasteiger partial charge on any atom is -0.330 e. The predicted octanol–water partition coefficient (Wildman–Crippen LogP) is 4.33. The highest BCUT2D eigenvalue weighted by molar-refractivity contribution is 5.69. The molecule has 0 bridgehead atoms. The molecule has 2 aromatic rings. The Bertz CT molecular complexity index is 565. The minimum absolute atomic E-state index is 0.705. The average molecular weight is 251 g/mol. The Hall–Kier alpha value is -1.86. The van der Waals surface area contributed by atoms with Gasteiger partial charge in [-0.2, -0.15) is 0 Å². The summed E-state index contributed by atoms with van der Waals surface area (Å²) in [6.45, 7) is 5.04. The molecule has 2 N–H and O–H groups in total. The average Bonchev–Trinajstić information content (AvgIpc) is 2.43. The van der Waals surface area contributed by atoms with Gasteiger partial charge < -0.3 is 5.73 Å². The van der Waals surface area contributed by atoms with Crippen molar-refractivity contribution in [3.8, 4) is 11.1 Å². The monoisotopic (exact) mass is 251 g/mol. The summed E-state index contributed by atoms with van der Waals surface area (Å²) in [4.78, 5) is 0. The lowest BCUT2D eigenvalue weighted by Gasteiger charge is -2.09. The summed E-state index contributed by atoms with van der Waals surface area (Å²) in [6.07, 6.45) is 5.17. The Kier molecular flexibility index (Phi) is 4.53. The second kappa shape index (κ2) is 6.35. The third-order valence-electron chi connectivity index (χ3n) is 3.47. The van der Waals surface area contributed by atoms with E-state index in [1.165, 1.54) is 27.8 Å². The van der Waals surface area contributed by atoms with Crippen molar-refractivity contribution in [1.82, 2.24) is 0 Å². The highest BCUT2D eigenvalue weighted by atomic mass is 14.5.